The number of methoxy groups -OCH3 is 1. The van der Waals surface area contributed by atoms with Crippen LogP contribution >= 0.6 is 0 Å². The highest BCUT2D eigenvalue weighted by Gasteiger charge is 2.12. The highest BCUT2D eigenvalue weighted by atomic mass is 19.2. The van der Waals surface area contributed by atoms with Crippen molar-refractivity contribution in [3.8, 4) is 5.75 Å². The fraction of sp³-hybridized carbons (Fsp3) is 0.188. The summed E-state index contributed by atoms with van der Waals surface area (Å²) >= 11 is 0. The zero-order valence-corrected chi connectivity index (χ0v) is 11.8. The standard InChI is InChI=1S/C16H15F2NO3/c1-22-12-5-2-10(3-6-12)15(20)9-19-16(21)11-4-7-13(17)14(18)8-11/h2-8,15,20H,9H2,1H3,(H,19,21). The zero-order valence-electron chi connectivity index (χ0n) is 11.8. The van der Waals surface area contributed by atoms with E-state index in [0.717, 1.165) is 12.1 Å². The number of hydrogen-bond donors (Lipinski definition) is 2. The summed E-state index contributed by atoms with van der Waals surface area (Å²) < 4.78 is 30.9. The number of carbonyl (C=O) groups is 1. The third-order valence-corrected chi connectivity index (χ3v) is 3.14. The van der Waals surface area contributed by atoms with Crippen LogP contribution in [0, 0.1) is 11.6 Å². The molecule has 0 saturated heterocycles. The number of benzene rings is 2. The summed E-state index contributed by atoms with van der Waals surface area (Å²) in [6, 6.07) is 9.59. The summed E-state index contributed by atoms with van der Waals surface area (Å²) in [4.78, 5) is 11.8. The quantitative estimate of drug-likeness (QED) is 0.892. The van der Waals surface area contributed by atoms with Gasteiger partial charge in [-0.05, 0) is 35.9 Å². The molecule has 1 unspecified atom stereocenters. The molecule has 0 bridgehead atoms. The van der Waals surface area contributed by atoms with Crippen molar-refractivity contribution in [2.24, 2.45) is 0 Å². The fourth-order valence-electron chi connectivity index (χ4n) is 1.87. The van der Waals surface area contributed by atoms with Gasteiger partial charge in [0.05, 0.1) is 13.2 Å². The lowest BCUT2D eigenvalue weighted by Gasteiger charge is -2.13. The van der Waals surface area contributed by atoms with Crippen LogP contribution in [0.15, 0.2) is 42.5 Å². The predicted octanol–water partition coefficient (Wildman–Crippen LogP) is 2.44. The van der Waals surface area contributed by atoms with E-state index in [1.165, 1.54) is 13.2 Å². The van der Waals surface area contributed by atoms with Crippen molar-refractivity contribution in [1.29, 1.82) is 0 Å². The summed E-state index contributed by atoms with van der Waals surface area (Å²) in [5.41, 5.74) is 0.590. The number of hydrogen-bond acceptors (Lipinski definition) is 3. The smallest absolute Gasteiger partial charge is 0.251 e. The molecule has 2 rings (SSSR count). The number of halogens is 2. The summed E-state index contributed by atoms with van der Waals surface area (Å²) in [5.74, 6) is -2.05. The van der Waals surface area contributed by atoms with Crippen molar-refractivity contribution < 1.29 is 23.4 Å². The largest absolute Gasteiger partial charge is 0.497 e. The van der Waals surface area contributed by atoms with Crippen LogP contribution in [0.4, 0.5) is 8.78 Å². The van der Waals surface area contributed by atoms with Crippen molar-refractivity contribution >= 4 is 5.91 Å². The summed E-state index contributed by atoms with van der Waals surface area (Å²) in [5, 5.41) is 12.5. The van der Waals surface area contributed by atoms with Gasteiger partial charge >= 0.3 is 0 Å². The van der Waals surface area contributed by atoms with Crippen LogP contribution < -0.4 is 10.1 Å². The Bertz CT molecular complexity index is 659. The second-order valence-electron chi connectivity index (χ2n) is 4.63. The lowest BCUT2D eigenvalue weighted by molar-refractivity contribution is 0.0915. The van der Waals surface area contributed by atoms with Crippen LogP contribution in [-0.2, 0) is 0 Å². The van der Waals surface area contributed by atoms with Crippen LogP contribution in [0.25, 0.3) is 0 Å². The molecule has 1 amide bonds. The van der Waals surface area contributed by atoms with E-state index in [9.17, 15) is 18.7 Å². The fourth-order valence-corrected chi connectivity index (χ4v) is 1.87. The number of nitrogens with one attached hydrogen (secondary N) is 1. The number of carbonyl (C=O) groups excluding carboxylic acids is 1. The van der Waals surface area contributed by atoms with E-state index < -0.39 is 23.6 Å². The first-order chi connectivity index (χ1) is 10.5. The molecule has 4 nitrogen and oxygen atoms in total. The Kier molecular flexibility index (Phi) is 5.06. The Morgan fingerprint density at radius 2 is 1.86 bits per heavy atom. The van der Waals surface area contributed by atoms with Gasteiger partial charge in [0, 0.05) is 12.1 Å². The number of rotatable bonds is 5. The van der Waals surface area contributed by atoms with Crippen molar-refractivity contribution in [3.05, 3.63) is 65.2 Å². The number of amides is 1. The minimum absolute atomic E-state index is 0.0131. The van der Waals surface area contributed by atoms with Crippen molar-refractivity contribution in [2.75, 3.05) is 13.7 Å². The van der Waals surface area contributed by atoms with Crippen LogP contribution in [0.5, 0.6) is 5.75 Å². The Morgan fingerprint density at radius 1 is 1.18 bits per heavy atom. The minimum atomic E-state index is -1.09. The first kappa shape index (κ1) is 15.9. The van der Waals surface area contributed by atoms with Crippen molar-refractivity contribution in [1.82, 2.24) is 5.32 Å². The third-order valence-electron chi connectivity index (χ3n) is 3.14. The van der Waals surface area contributed by atoms with E-state index in [0.29, 0.717) is 11.3 Å². The zero-order chi connectivity index (χ0) is 16.1. The highest BCUT2D eigenvalue weighted by Crippen LogP contribution is 2.17. The van der Waals surface area contributed by atoms with E-state index in [1.807, 2.05) is 0 Å². The number of aliphatic hydroxyl groups excluding tert-OH is 1. The molecular formula is C16H15F2NO3. The molecule has 2 aromatic rings. The molecule has 2 aromatic carbocycles. The van der Waals surface area contributed by atoms with Crippen LogP contribution in [-0.4, -0.2) is 24.7 Å². The molecule has 0 aliphatic rings. The Labute approximate surface area is 126 Å². The molecule has 0 heterocycles. The average molecular weight is 307 g/mol. The molecule has 2 N–H and O–H groups in total. The van der Waals surface area contributed by atoms with Crippen LogP contribution in [0.2, 0.25) is 0 Å². The number of ether oxygens (including phenoxy) is 1. The Hall–Kier alpha value is -2.47. The molecule has 0 aromatic heterocycles. The Balaban J connectivity index is 1.95. The van der Waals surface area contributed by atoms with Gasteiger partial charge in [0.1, 0.15) is 5.75 Å². The second-order valence-corrected chi connectivity index (χ2v) is 4.63. The molecule has 22 heavy (non-hydrogen) atoms. The first-order valence-corrected chi connectivity index (χ1v) is 6.56. The topological polar surface area (TPSA) is 58.6 Å². The van der Waals surface area contributed by atoms with Crippen molar-refractivity contribution in [3.63, 3.8) is 0 Å². The summed E-state index contributed by atoms with van der Waals surface area (Å²) in [6.45, 7) is -0.0514. The van der Waals surface area contributed by atoms with E-state index in [2.05, 4.69) is 5.32 Å². The lowest BCUT2D eigenvalue weighted by Crippen LogP contribution is -2.28. The van der Waals surface area contributed by atoms with Gasteiger partial charge < -0.3 is 15.2 Å². The molecule has 0 spiro atoms. The summed E-state index contributed by atoms with van der Waals surface area (Å²) in [7, 11) is 1.54. The van der Waals surface area contributed by atoms with Gasteiger partial charge in [0.25, 0.3) is 5.91 Å². The van der Waals surface area contributed by atoms with Gasteiger partial charge in [-0.2, -0.15) is 0 Å². The molecule has 0 radical (unpaired) electrons. The van der Waals surface area contributed by atoms with Gasteiger partial charge in [-0.25, -0.2) is 8.78 Å². The van der Waals surface area contributed by atoms with E-state index in [-0.39, 0.29) is 12.1 Å². The molecule has 0 fully saturated rings. The molecular weight excluding hydrogens is 292 g/mol. The molecule has 0 saturated carbocycles. The lowest BCUT2D eigenvalue weighted by atomic mass is 10.1. The first-order valence-electron chi connectivity index (χ1n) is 6.56. The van der Waals surface area contributed by atoms with E-state index in [4.69, 9.17) is 4.74 Å². The monoisotopic (exact) mass is 307 g/mol. The molecule has 0 aliphatic heterocycles. The summed E-state index contributed by atoms with van der Waals surface area (Å²) in [6.07, 6.45) is -0.917. The van der Waals surface area contributed by atoms with Gasteiger partial charge in [-0.1, -0.05) is 12.1 Å². The highest BCUT2D eigenvalue weighted by molar-refractivity contribution is 5.94. The van der Waals surface area contributed by atoms with Crippen LogP contribution in [0.1, 0.15) is 22.0 Å². The predicted molar refractivity (Wildman–Crippen MR) is 76.6 cm³/mol. The second kappa shape index (κ2) is 7.00. The minimum Gasteiger partial charge on any atom is -0.497 e. The maximum atomic E-state index is 13.1. The van der Waals surface area contributed by atoms with Gasteiger partial charge in [0.15, 0.2) is 11.6 Å². The van der Waals surface area contributed by atoms with Crippen molar-refractivity contribution in [2.45, 2.75) is 6.10 Å². The molecule has 6 heteroatoms. The van der Waals surface area contributed by atoms with Gasteiger partial charge in [-0.15, -0.1) is 0 Å². The molecule has 0 aliphatic carbocycles. The van der Waals surface area contributed by atoms with E-state index >= 15 is 0 Å². The van der Waals surface area contributed by atoms with Gasteiger partial charge in [0.2, 0.25) is 0 Å². The average Bonchev–Trinajstić information content (AvgIpc) is 2.54. The molecule has 116 valence electrons. The van der Waals surface area contributed by atoms with Crippen LogP contribution in [0.3, 0.4) is 0 Å². The Morgan fingerprint density at radius 3 is 2.45 bits per heavy atom. The normalized spacial score (nSPS) is 11.8. The third kappa shape index (κ3) is 3.79. The maximum Gasteiger partial charge on any atom is 0.251 e. The molecule has 1 atom stereocenters. The maximum absolute atomic E-state index is 13.1. The number of aliphatic hydroxyl groups is 1. The SMILES string of the molecule is COc1ccc(C(O)CNC(=O)c2ccc(F)c(F)c2)cc1. The van der Waals surface area contributed by atoms with E-state index in [1.54, 1.807) is 24.3 Å². The van der Waals surface area contributed by atoms with Gasteiger partial charge in [-0.3, -0.25) is 4.79 Å².